The van der Waals surface area contributed by atoms with Crippen LogP contribution >= 0.6 is 0 Å². The highest BCUT2D eigenvalue weighted by Gasteiger charge is 2.64. The van der Waals surface area contributed by atoms with E-state index in [1.165, 1.54) is 32.1 Å². The lowest BCUT2D eigenvalue weighted by Gasteiger charge is -2.55. The molecule has 5 rings (SSSR count). The lowest BCUT2D eigenvalue weighted by atomic mass is 9.52. The smallest absolute Gasteiger partial charge is 0.309 e. The second-order valence-electron chi connectivity index (χ2n) is 9.46. The van der Waals surface area contributed by atoms with Gasteiger partial charge in [-0.3, -0.25) is 4.79 Å². The molecule has 134 valence electrons. The molecule has 6 atom stereocenters. The summed E-state index contributed by atoms with van der Waals surface area (Å²) in [5.41, 5.74) is 3.23. The summed E-state index contributed by atoms with van der Waals surface area (Å²) in [5.74, 6) is 2.39. The molecule has 25 heavy (non-hydrogen) atoms. The molecule has 1 aromatic carbocycles. The van der Waals surface area contributed by atoms with Crippen molar-refractivity contribution in [3.8, 4) is 0 Å². The SMILES string of the molecule is CC1CC[C@@]2(CC[C@H]3[C@@H]4CCc5ccccc5[C@H]4CC[C@@]32C)OC1=O. The molecule has 1 saturated heterocycles. The average Bonchev–Trinajstić information content (AvgIpc) is 2.91. The van der Waals surface area contributed by atoms with E-state index in [1.807, 2.05) is 6.92 Å². The molecule has 4 aliphatic rings. The molecular weight excluding hydrogens is 308 g/mol. The second-order valence-corrected chi connectivity index (χ2v) is 9.46. The first kappa shape index (κ1) is 15.9. The fourth-order valence-electron chi connectivity index (χ4n) is 7.10. The third kappa shape index (κ3) is 2.06. The van der Waals surface area contributed by atoms with Crippen LogP contribution in [-0.2, 0) is 16.0 Å². The maximum atomic E-state index is 12.4. The molecule has 3 fully saturated rings. The van der Waals surface area contributed by atoms with Gasteiger partial charge in [-0.15, -0.1) is 0 Å². The van der Waals surface area contributed by atoms with Gasteiger partial charge in [-0.25, -0.2) is 0 Å². The van der Waals surface area contributed by atoms with Gasteiger partial charge in [0.15, 0.2) is 0 Å². The molecule has 0 radical (unpaired) electrons. The highest BCUT2D eigenvalue weighted by Crippen LogP contribution is 2.67. The number of fused-ring (bicyclic) bond motifs is 6. The zero-order valence-electron chi connectivity index (χ0n) is 15.6. The predicted octanol–water partition coefficient (Wildman–Crippen LogP) is 5.25. The molecule has 0 amide bonds. The Labute approximate surface area is 151 Å². The summed E-state index contributed by atoms with van der Waals surface area (Å²) in [4.78, 5) is 12.4. The zero-order chi connectivity index (χ0) is 17.2. The number of benzene rings is 1. The monoisotopic (exact) mass is 338 g/mol. The number of carbonyl (C=O) groups is 1. The van der Waals surface area contributed by atoms with Gasteiger partial charge in [0.25, 0.3) is 0 Å². The van der Waals surface area contributed by atoms with Crippen LogP contribution in [0.25, 0.3) is 0 Å². The molecule has 1 heterocycles. The van der Waals surface area contributed by atoms with Gasteiger partial charge in [0.2, 0.25) is 0 Å². The van der Waals surface area contributed by atoms with Crippen molar-refractivity contribution in [1.82, 2.24) is 0 Å². The molecular formula is C23H30O2. The Balaban J connectivity index is 1.48. The number of hydrogen-bond acceptors (Lipinski definition) is 2. The van der Waals surface area contributed by atoms with E-state index in [4.69, 9.17) is 4.74 Å². The molecule has 2 saturated carbocycles. The Morgan fingerprint density at radius 3 is 2.68 bits per heavy atom. The summed E-state index contributed by atoms with van der Waals surface area (Å²) in [7, 11) is 0. The minimum absolute atomic E-state index is 0.0595. The first-order chi connectivity index (χ1) is 12.0. The van der Waals surface area contributed by atoms with Crippen molar-refractivity contribution in [1.29, 1.82) is 0 Å². The molecule has 3 aliphatic carbocycles. The van der Waals surface area contributed by atoms with Crippen LogP contribution < -0.4 is 0 Å². The van der Waals surface area contributed by atoms with E-state index in [9.17, 15) is 4.79 Å². The van der Waals surface area contributed by atoms with Crippen molar-refractivity contribution >= 4 is 5.97 Å². The highest BCUT2D eigenvalue weighted by atomic mass is 16.6. The minimum atomic E-state index is -0.163. The van der Waals surface area contributed by atoms with Crippen molar-refractivity contribution < 1.29 is 9.53 Å². The standard InChI is InChI=1S/C23H30O2/c1-15-9-13-23(25-21(15)24)14-11-20-19-8-7-16-5-3-4-6-17(16)18(19)10-12-22(20,23)2/h3-6,15,18-20H,7-14H2,1-2H3/t15?,18-,19-,20+,22+,23+/m1/s1. The van der Waals surface area contributed by atoms with Gasteiger partial charge < -0.3 is 4.74 Å². The molecule has 0 N–H and O–H groups in total. The Bertz CT molecular complexity index is 710. The highest BCUT2D eigenvalue weighted by molar-refractivity contribution is 5.73. The summed E-state index contributed by atoms with van der Waals surface area (Å²) in [5, 5.41) is 0. The number of aryl methyl sites for hydroxylation is 1. The number of carbonyl (C=O) groups excluding carboxylic acids is 1. The third-order valence-electron chi connectivity index (χ3n) is 8.61. The number of hydrogen-bond donors (Lipinski definition) is 0. The largest absolute Gasteiger partial charge is 0.458 e. The van der Waals surface area contributed by atoms with Crippen LogP contribution in [0.1, 0.15) is 75.8 Å². The van der Waals surface area contributed by atoms with Crippen molar-refractivity contribution in [2.75, 3.05) is 0 Å². The van der Waals surface area contributed by atoms with Crippen LogP contribution in [-0.4, -0.2) is 11.6 Å². The molecule has 2 heteroatoms. The first-order valence-electron chi connectivity index (χ1n) is 10.3. The molecule has 1 spiro atoms. The van der Waals surface area contributed by atoms with Gasteiger partial charge in [0, 0.05) is 5.41 Å². The molecule has 0 bridgehead atoms. The van der Waals surface area contributed by atoms with Crippen molar-refractivity contribution in [2.45, 2.75) is 76.7 Å². The predicted molar refractivity (Wildman–Crippen MR) is 98.3 cm³/mol. The van der Waals surface area contributed by atoms with E-state index in [1.54, 1.807) is 11.1 Å². The van der Waals surface area contributed by atoms with Crippen molar-refractivity contribution in [3.05, 3.63) is 35.4 Å². The zero-order valence-corrected chi connectivity index (χ0v) is 15.6. The molecule has 1 aromatic rings. The van der Waals surface area contributed by atoms with Crippen LogP contribution in [0.2, 0.25) is 0 Å². The van der Waals surface area contributed by atoms with E-state index in [2.05, 4.69) is 31.2 Å². The maximum absolute atomic E-state index is 12.4. The molecule has 2 nitrogen and oxygen atoms in total. The Morgan fingerprint density at radius 2 is 1.84 bits per heavy atom. The summed E-state index contributed by atoms with van der Waals surface area (Å²) in [6, 6.07) is 9.12. The summed E-state index contributed by atoms with van der Waals surface area (Å²) >= 11 is 0. The number of ether oxygens (including phenoxy) is 1. The van der Waals surface area contributed by atoms with Gasteiger partial charge in [0.05, 0.1) is 5.92 Å². The van der Waals surface area contributed by atoms with Gasteiger partial charge in [0.1, 0.15) is 5.60 Å². The van der Waals surface area contributed by atoms with E-state index < -0.39 is 0 Å². The second kappa shape index (κ2) is 5.34. The molecule has 1 unspecified atom stereocenters. The fourth-order valence-corrected chi connectivity index (χ4v) is 7.10. The van der Waals surface area contributed by atoms with E-state index in [0.717, 1.165) is 37.0 Å². The van der Waals surface area contributed by atoms with Crippen molar-refractivity contribution in [3.63, 3.8) is 0 Å². The number of esters is 1. The van der Waals surface area contributed by atoms with Gasteiger partial charge in [-0.2, -0.15) is 0 Å². The Hall–Kier alpha value is -1.31. The van der Waals surface area contributed by atoms with E-state index >= 15 is 0 Å². The van der Waals surface area contributed by atoms with Gasteiger partial charge in [-0.05, 0) is 80.2 Å². The van der Waals surface area contributed by atoms with Crippen LogP contribution in [0.5, 0.6) is 0 Å². The Kier molecular flexibility index (Phi) is 3.40. The van der Waals surface area contributed by atoms with Crippen LogP contribution in [0, 0.1) is 23.2 Å². The lowest BCUT2D eigenvalue weighted by Crippen LogP contribution is -2.55. The van der Waals surface area contributed by atoms with E-state index in [-0.39, 0.29) is 22.9 Å². The van der Waals surface area contributed by atoms with E-state index in [0.29, 0.717) is 0 Å². The third-order valence-corrected chi connectivity index (χ3v) is 8.61. The summed E-state index contributed by atoms with van der Waals surface area (Å²) < 4.78 is 6.23. The lowest BCUT2D eigenvalue weighted by molar-refractivity contribution is -0.197. The van der Waals surface area contributed by atoms with Gasteiger partial charge in [-0.1, -0.05) is 38.1 Å². The van der Waals surface area contributed by atoms with Crippen molar-refractivity contribution in [2.24, 2.45) is 23.2 Å². The summed E-state index contributed by atoms with van der Waals surface area (Å²) in [6.07, 6.45) is 9.48. The Morgan fingerprint density at radius 1 is 1.04 bits per heavy atom. The first-order valence-corrected chi connectivity index (χ1v) is 10.3. The van der Waals surface area contributed by atoms with Crippen LogP contribution in [0.3, 0.4) is 0 Å². The molecule has 1 aliphatic heterocycles. The van der Waals surface area contributed by atoms with Crippen LogP contribution in [0.4, 0.5) is 0 Å². The maximum Gasteiger partial charge on any atom is 0.309 e. The molecule has 0 aromatic heterocycles. The normalized spacial score (nSPS) is 45.4. The average molecular weight is 338 g/mol. The number of rotatable bonds is 0. The fraction of sp³-hybridized carbons (Fsp3) is 0.696. The van der Waals surface area contributed by atoms with Crippen LogP contribution in [0.15, 0.2) is 24.3 Å². The summed E-state index contributed by atoms with van der Waals surface area (Å²) in [6.45, 7) is 4.49. The van der Waals surface area contributed by atoms with Gasteiger partial charge >= 0.3 is 5.97 Å². The minimum Gasteiger partial charge on any atom is -0.458 e. The quantitative estimate of drug-likeness (QED) is 0.604. The topological polar surface area (TPSA) is 26.3 Å².